The fraction of sp³-hybridized carbons (Fsp3) is 0.643. The Morgan fingerprint density at radius 3 is 1.88 bits per heavy atom. The minimum atomic E-state index is -4.74. The molecule has 4 fully saturated rings. The Morgan fingerprint density at radius 2 is 1.29 bits per heavy atom. The molecule has 0 bridgehead atoms. The first-order valence-corrected chi connectivity index (χ1v) is 28.4. The first-order chi connectivity index (χ1) is 35.6. The number of fused-ring (bicyclic) bond motifs is 2. The Morgan fingerprint density at radius 1 is 0.737 bits per heavy atom. The van der Waals surface area contributed by atoms with Crippen molar-refractivity contribution in [2.45, 2.75) is 120 Å². The van der Waals surface area contributed by atoms with Crippen LogP contribution in [0.2, 0.25) is 0 Å². The van der Waals surface area contributed by atoms with Crippen LogP contribution < -0.4 is 16.0 Å². The highest BCUT2D eigenvalue weighted by Crippen LogP contribution is 2.47. The van der Waals surface area contributed by atoms with Gasteiger partial charge in [0.2, 0.25) is 0 Å². The second kappa shape index (κ2) is 25.8. The normalized spacial score (nSPS) is 30.2. The van der Waals surface area contributed by atoms with E-state index in [4.69, 9.17) is 48.3 Å². The number of imidazole rings is 1. The molecule has 2 aliphatic carbocycles. The molecule has 2 aromatic rings. The molecule has 76 heavy (non-hydrogen) atoms. The zero-order valence-electron chi connectivity index (χ0n) is 41.5. The van der Waals surface area contributed by atoms with Gasteiger partial charge in [-0.15, -0.1) is 0 Å². The number of carbonyl (C=O) groups is 2. The van der Waals surface area contributed by atoms with Crippen LogP contribution in [-0.4, -0.2) is 191 Å². The van der Waals surface area contributed by atoms with Crippen LogP contribution in [0.1, 0.15) is 59.1 Å². The summed E-state index contributed by atoms with van der Waals surface area (Å²) < 4.78 is 70.4. The maximum absolute atomic E-state index is 11.4. The van der Waals surface area contributed by atoms with E-state index >= 15 is 0 Å². The number of carbonyl (C=O) groups excluding carboxylic acids is 2. The Labute approximate surface area is 435 Å². The van der Waals surface area contributed by atoms with Gasteiger partial charge in [0.25, 0.3) is 11.8 Å². The van der Waals surface area contributed by atoms with Crippen LogP contribution in [0.3, 0.4) is 0 Å². The molecule has 2 aromatic heterocycles. The maximum atomic E-state index is 11.4. The topological polar surface area (TPSA) is 438 Å². The summed E-state index contributed by atoms with van der Waals surface area (Å²) in [6.07, 6.45) is 4.05. The van der Waals surface area contributed by atoms with Crippen LogP contribution in [0, 0.1) is 11.8 Å². The van der Waals surface area contributed by atoms with E-state index in [1.54, 1.807) is 24.9 Å². The van der Waals surface area contributed by atoms with Crippen LogP contribution in [0.5, 0.6) is 0 Å². The van der Waals surface area contributed by atoms with E-state index in [-0.39, 0.29) is 61.4 Å². The molecule has 12 atom stereocenters. The summed E-state index contributed by atoms with van der Waals surface area (Å²) in [4.78, 5) is 91.4. The smallest absolute Gasteiger partial charge is 0.390 e. The van der Waals surface area contributed by atoms with Crippen molar-refractivity contribution in [3.63, 3.8) is 0 Å². The number of aromatic nitrogens is 4. The van der Waals surface area contributed by atoms with Gasteiger partial charge in [0.1, 0.15) is 48.5 Å². The fourth-order valence-corrected chi connectivity index (χ4v) is 10.3. The summed E-state index contributed by atoms with van der Waals surface area (Å²) in [5, 5.41) is 48.8. The van der Waals surface area contributed by atoms with Crippen LogP contribution in [-0.2, 0) is 55.8 Å². The Balaban J connectivity index is 0.000000189. The fourth-order valence-electron chi connectivity index (χ4n) is 9.18. The third-order valence-electron chi connectivity index (χ3n) is 12.7. The number of hydrogen-bond donors (Lipinski definition) is 13. The average molecular weight is 1140 g/mol. The molecule has 2 amide bonds. The number of unbranched alkanes of at least 4 members (excludes halogenated alkanes) is 1. The van der Waals surface area contributed by atoms with Crippen LogP contribution >= 0.6 is 23.5 Å². The lowest BCUT2D eigenvalue weighted by Gasteiger charge is -2.34. The van der Waals surface area contributed by atoms with Crippen LogP contribution in [0.4, 0.5) is 5.82 Å². The summed E-state index contributed by atoms with van der Waals surface area (Å²) in [6, 6.07) is -0.763. The standard InChI is InChI=1S/C17H28N5O8P.C14H21N2O7P.C11H17N2O7P/c1-2-3-6-28-7-4-5-18-15-12-16(20-9-19-15)22(10-21-12)17-14(24)13(23)11(30-17)8-29-31(25,26)27;1-8-15-11(17)4-5-16(8)10-6-9(7-21-24(18,19)20)12-13(10)23-14(2,3)22-12;1-6-12-9(14)2-3-13(6)8-4-7(10(15)11(8)16)5-20-21(17,18)19/h9-11,13-14,17,23-24H,2-8H2,1H3,(H,18,19,20)(H2,25,26,27);4-5,9-10,12-13H,1,6-7H2,2-3H3,(H,15,17)(H2,18,19,20);2-3,7-8,10-11,15-16H,1,4-5H2,(H,12,14)(H2,17,18,19)/t11-,13-,14-,17-;9-,10-,12-,13?;7-,8-,10-,11+/m111/s1. The molecule has 4 aliphatic heterocycles. The third kappa shape index (κ3) is 16.5. The lowest BCUT2D eigenvalue weighted by atomic mass is 10.1. The Bertz CT molecular complexity index is 2580. The van der Waals surface area contributed by atoms with Gasteiger partial charge in [-0.3, -0.25) is 27.7 Å². The van der Waals surface area contributed by atoms with Gasteiger partial charge in [-0.2, -0.15) is 0 Å². The van der Waals surface area contributed by atoms with Gasteiger partial charge in [0.05, 0.1) is 50.4 Å². The SMILES string of the molecule is C=C1NC(=O)C=CN1[C@@H]1C[C@H](COP(=O)(O)O)[C@@H](O)[C@H]1O.C=C1NC(=O)C=CN1[C@@H]1C[C@H](COP(=O)(O)O)[C@H]2OC(C)(C)OC12.CCCCOCCCNc1ncnc2c1ncn2[C@@H]1O[C@H](COP(=O)(O)O)[C@@H](O)[C@H]1O. The van der Waals surface area contributed by atoms with Crippen LogP contribution in [0.15, 0.2) is 62.0 Å². The maximum Gasteiger partial charge on any atom is 0.469 e. The van der Waals surface area contributed by atoms with Gasteiger partial charge in [-0.1, -0.05) is 26.5 Å². The number of nitrogens with one attached hydrogen (secondary N) is 3. The second-order valence-corrected chi connectivity index (χ2v) is 22.4. The summed E-state index contributed by atoms with van der Waals surface area (Å²) in [7, 11) is -13.9. The zero-order chi connectivity index (χ0) is 55.9. The van der Waals surface area contributed by atoms with Crippen molar-refractivity contribution in [1.29, 1.82) is 0 Å². The first-order valence-electron chi connectivity index (χ1n) is 23.8. The number of amides is 2. The molecule has 426 valence electrons. The van der Waals surface area contributed by atoms with Gasteiger partial charge >= 0.3 is 23.5 Å². The van der Waals surface area contributed by atoms with Crippen molar-refractivity contribution in [1.82, 2.24) is 40.0 Å². The highest BCUT2D eigenvalue weighted by Gasteiger charge is 2.56. The number of rotatable bonds is 20. The van der Waals surface area contributed by atoms with E-state index in [0.29, 0.717) is 42.4 Å². The molecule has 0 aromatic carbocycles. The molecule has 1 unspecified atom stereocenters. The number of hydrogen-bond acceptors (Lipinski definition) is 22. The van der Waals surface area contributed by atoms with Gasteiger partial charge in [-0.25, -0.2) is 28.6 Å². The van der Waals surface area contributed by atoms with Gasteiger partial charge in [-0.05, 0) is 39.5 Å². The average Bonchev–Trinajstić information content (AvgIpc) is 4.12. The van der Waals surface area contributed by atoms with E-state index in [2.05, 4.69) is 64.6 Å². The molecule has 13 N–H and O–H groups in total. The molecule has 6 heterocycles. The summed E-state index contributed by atoms with van der Waals surface area (Å²) in [5.41, 5.74) is 0.819. The first kappa shape index (κ1) is 61.1. The highest BCUT2D eigenvalue weighted by molar-refractivity contribution is 7.46. The molecule has 8 rings (SSSR count). The second-order valence-electron chi connectivity index (χ2n) is 18.7. The molecule has 6 aliphatic rings. The molecule has 2 saturated heterocycles. The quantitative estimate of drug-likeness (QED) is 0.0571. The van der Waals surface area contributed by atoms with Crippen molar-refractivity contribution in [2.75, 3.05) is 44.9 Å². The summed E-state index contributed by atoms with van der Waals surface area (Å²) in [6.45, 7) is 14.1. The van der Waals surface area contributed by atoms with Crippen molar-refractivity contribution in [3.05, 3.63) is 62.0 Å². The zero-order valence-corrected chi connectivity index (χ0v) is 44.2. The van der Waals surface area contributed by atoms with Crippen molar-refractivity contribution in [2.24, 2.45) is 11.8 Å². The number of aliphatic hydroxyl groups excluding tert-OH is 4. The monoisotopic (exact) mass is 1140 g/mol. The minimum Gasteiger partial charge on any atom is -0.390 e. The van der Waals surface area contributed by atoms with Crippen molar-refractivity contribution in [3.8, 4) is 0 Å². The Hall–Kier alpha value is -4.14. The van der Waals surface area contributed by atoms with E-state index in [0.717, 1.165) is 25.9 Å². The molecular weight excluding hydrogens is 1080 g/mol. The number of nitrogens with zero attached hydrogens (tertiary/aromatic N) is 6. The van der Waals surface area contributed by atoms with Crippen molar-refractivity contribution < 1.29 is 106 Å². The van der Waals surface area contributed by atoms with Gasteiger partial charge < -0.3 is 94.5 Å². The lowest BCUT2D eigenvalue weighted by molar-refractivity contribution is -0.162. The number of ether oxygens (including phenoxy) is 4. The molecular formula is C42H66N9O22P3. The van der Waals surface area contributed by atoms with E-state index < -0.39 is 84.6 Å². The van der Waals surface area contributed by atoms with E-state index in [9.17, 15) is 43.7 Å². The molecule has 0 spiro atoms. The van der Waals surface area contributed by atoms with Gasteiger partial charge in [0, 0.05) is 56.1 Å². The number of aliphatic hydroxyl groups is 4. The molecule has 31 nitrogen and oxygen atoms in total. The van der Waals surface area contributed by atoms with E-state index in [1.165, 1.54) is 40.5 Å². The lowest BCUT2D eigenvalue weighted by Crippen LogP contribution is -2.45. The molecule has 34 heteroatoms. The van der Waals surface area contributed by atoms with Crippen molar-refractivity contribution >= 4 is 52.3 Å². The number of phosphoric acid groups is 3. The largest absolute Gasteiger partial charge is 0.469 e. The van der Waals surface area contributed by atoms with Gasteiger partial charge in [0.15, 0.2) is 29.0 Å². The predicted molar refractivity (Wildman–Crippen MR) is 260 cm³/mol. The van der Waals surface area contributed by atoms with E-state index in [1.807, 2.05) is 0 Å². The van der Waals surface area contributed by atoms with Crippen LogP contribution in [0.25, 0.3) is 11.2 Å². The minimum absolute atomic E-state index is 0.141. The third-order valence-corrected chi connectivity index (χ3v) is 14.1. The molecule has 2 saturated carbocycles. The number of anilines is 1. The summed E-state index contributed by atoms with van der Waals surface area (Å²) in [5.74, 6) is -1.11. The highest BCUT2D eigenvalue weighted by atomic mass is 31.2. The Kier molecular flexibility index (Phi) is 20.7. The number of phosphoric ester groups is 3. The molecule has 0 radical (unpaired) electrons. The summed E-state index contributed by atoms with van der Waals surface area (Å²) >= 11 is 0. The predicted octanol–water partition coefficient (Wildman–Crippen LogP) is -0.783.